The van der Waals surface area contributed by atoms with Crippen LogP contribution < -0.4 is 10.6 Å². The summed E-state index contributed by atoms with van der Waals surface area (Å²) in [7, 11) is 0. The van der Waals surface area contributed by atoms with Crippen LogP contribution in [0.1, 0.15) is 79.3 Å². The van der Waals surface area contributed by atoms with E-state index < -0.39 is 18.0 Å². The zero-order valence-corrected chi connectivity index (χ0v) is 18.2. The van der Waals surface area contributed by atoms with Gasteiger partial charge in [0.2, 0.25) is 11.8 Å². The quantitative estimate of drug-likeness (QED) is 0.702. The summed E-state index contributed by atoms with van der Waals surface area (Å²) in [6.07, 6.45) is 8.53. The van der Waals surface area contributed by atoms with Gasteiger partial charge < -0.3 is 15.0 Å². The van der Waals surface area contributed by atoms with E-state index in [1.807, 2.05) is 12.1 Å². The number of nitrogens with zero attached hydrogens (tertiary/aromatic N) is 1. The number of ether oxygens (including phenoxy) is 1. The van der Waals surface area contributed by atoms with Gasteiger partial charge in [0, 0.05) is 25.1 Å². The fourth-order valence-electron chi connectivity index (χ4n) is 5.78. The predicted molar refractivity (Wildman–Crippen MR) is 114 cm³/mol. The first kappa shape index (κ1) is 21.0. The molecule has 1 saturated heterocycles. The normalized spacial score (nSPS) is 24.7. The van der Waals surface area contributed by atoms with Crippen LogP contribution in [-0.2, 0) is 27.4 Å². The average molecular weight is 440 g/mol. The minimum atomic E-state index is -0.626. The summed E-state index contributed by atoms with van der Waals surface area (Å²) in [5, 5.41) is 5.10. The summed E-state index contributed by atoms with van der Waals surface area (Å²) in [6.45, 7) is 0.620. The third-order valence-corrected chi connectivity index (χ3v) is 7.54. The van der Waals surface area contributed by atoms with E-state index >= 15 is 0 Å². The maximum atomic E-state index is 12.9. The highest BCUT2D eigenvalue weighted by Gasteiger charge is 2.46. The van der Waals surface area contributed by atoms with Crippen LogP contribution in [0.4, 0.5) is 4.79 Å². The highest BCUT2D eigenvalue weighted by molar-refractivity contribution is 6.05. The second-order valence-corrected chi connectivity index (χ2v) is 9.74. The number of rotatable bonds is 4. The van der Waals surface area contributed by atoms with E-state index in [0.717, 1.165) is 24.0 Å². The highest BCUT2D eigenvalue weighted by atomic mass is 16.6. The molecule has 32 heavy (non-hydrogen) atoms. The number of benzene rings is 1. The van der Waals surface area contributed by atoms with E-state index in [1.54, 1.807) is 6.07 Å². The minimum Gasteiger partial charge on any atom is -0.446 e. The number of piperidine rings is 1. The summed E-state index contributed by atoms with van der Waals surface area (Å²) in [5.74, 6) is -0.935. The Morgan fingerprint density at radius 3 is 2.69 bits per heavy atom. The van der Waals surface area contributed by atoms with E-state index in [1.165, 1.54) is 37.0 Å². The highest BCUT2D eigenvalue weighted by Crippen LogP contribution is 2.52. The van der Waals surface area contributed by atoms with Gasteiger partial charge in [-0.2, -0.15) is 0 Å². The number of alkyl carbamates (subject to hydrolysis) is 1. The molecule has 3 fully saturated rings. The number of hydrogen-bond donors (Lipinski definition) is 2. The van der Waals surface area contributed by atoms with Crippen molar-refractivity contribution in [3.05, 3.63) is 34.9 Å². The van der Waals surface area contributed by atoms with Crippen molar-refractivity contribution in [3.63, 3.8) is 0 Å². The smallest absolute Gasteiger partial charge is 0.407 e. The summed E-state index contributed by atoms with van der Waals surface area (Å²) >= 11 is 0. The van der Waals surface area contributed by atoms with Gasteiger partial charge in [-0.25, -0.2) is 4.79 Å². The van der Waals surface area contributed by atoms with Crippen molar-refractivity contribution >= 4 is 23.8 Å². The average Bonchev–Trinajstić information content (AvgIpc) is 3.08. The fourth-order valence-corrected chi connectivity index (χ4v) is 5.78. The molecule has 2 aliphatic heterocycles. The van der Waals surface area contributed by atoms with Crippen molar-refractivity contribution in [2.75, 3.05) is 0 Å². The summed E-state index contributed by atoms with van der Waals surface area (Å²) in [6, 6.07) is 4.88. The zero-order chi connectivity index (χ0) is 22.3. The molecule has 2 heterocycles. The first-order valence-electron chi connectivity index (χ1n) is 11.6. The zero-order valence-electron chi connectivity index (χ0n) is 18.2. The minimum absolute atomic E-state index is 0.0109. The molecule has 4 aliphatic rings. The molecule has 1 unspecified atom stereocenters. The van der Waals surface area contributed by atoms with Crippen molar-refractivity contribution in [2.24, 2.45) is 5.41 Å². The first-order valence-corrected chi connectivity index (χ1v) is 11.6. The molecule has 0 bridgehead atoms. The third-order valence-electron chi connectivity index (χ3n) is 7.54. The van der Waals surface area contributed by atoms with Crippen LogP contribution in [0.25, 0.3) is 0 Å². The summed E-state index contributed by atoms with van der Waals surface area (Å²) in [4.78, 5) is 50.2. The second-order valence-electron chi connectivity index (χ2n) is 9.74. The molecule has 8 heteroatoms. The van der Waals surface area contributed by atoms with Crippen LogP contribution in [0, 0.1) is 5.41 Å². The number of carbonyl (C=O) groups excluding carboxylic acids is 4. The first-order chi connectivity index (χ1) is 15.4. The van der Waals surface area contributed by atoms with Crippen LogP contribution in [0.15, 0.2) is 18.2 Å². The molecule has 2 aliphatic carbocycles. The van der Waals surface area contributed by atoms with Gasteiger partial charge in [-0.1, -0.05) is 31.4 Å². The predicted octanol–water partition coefficient (Wildman–Crippen LogP) is 2.79. The summed E-state index contributed by atoms with van der Waals surface area (Å²) in [5.41, 5.74) is 2.60. The van der Waals surface area contributed by atoms with E-state index in [4.69, 9.17) is 4.74 Å². The standard InChI is InChI=1S/C24H29N3O5/c28-20-7-6-19(21(29)26-20)27-14-16-5-4-15(10-18(16)22(27)30)13-25-23(31)32-17-11-24(12-17)8-2-1-3-9-24/h4-5,10,17,19H,1-3,6-9,11-14H2,(H,25,31)(H,26,28,29). The Hall–Kier alpha value is -2.90. The number of hydrogen-bond acceptors (Lipinski definition) is 5. The number of carbonyl (C=O) groups is 4. The number of fused-ring (bicyclic) bond motifs is 1. The molecule has 0 aromatic heterocycles. The van der Waals surface area contributed by atoms with Gasteiger partial charge in [0.1, 0.15) is 12.1 Å². The molecule has 170 valence electrons. The molecule has 5 rings (SSSR count). The van der Waals surface area contributed by atoms with Crippen LogP contribution in [0.3, 0.4) is 0 Å². The van der Waals surface area contributed by atoms with Gasteiger partial charge in [0.25, 0.3) is 5.91 Å². The number of amides is 4. The Labute approximate surface area is 187 Å². The topological polar surface area (TPSA) is 105 Å². The van der Waals surface area contributed by atoms with Crippen molar-refractivity contribution in [1.29, 1.82) is 0 Å². The SMILES string of the molecule is O=C1CCC(N2Cc3ccc(CNC(=O)OC4CC5(CCCCC5)C4)cc3C2=O)C(=O)N1. The molecule has 4 amide bonds. The van der Waals surface area contributed by atoms with Gasteiger partial charge in [0.15, 0.2) is 0 Å². The maximum absolute atomic E-state index is 12.9. The van der Waals surface area contributed by atoms with E-state index in [9.17, 15) is 19.2 Å². The van der Waals surface area contributed by atoms with Crippen molar-refractivity contribution in [2.45, 2.75) is 83.0 Å². The lowest BCUT2D eigenvalue weighted by Gasteiger charge is -2.49. The van der Waals surface area contributed by atoms with E-state index in [-0.39, 0.29) is 30.9 Å². The fraction of sp³-hybridized carbons (Fsp3) is 0.583. The van der Waals surface area contributed by atoms with E-state index in [0.29, 0.717) is 23.9 Å². The van der Waals surface area contributed by atoms with Crippen molar-refractivity contribution < 1.29 is 23.9 Å². The Morgan fingerprint density at radius 1 is 1.16 bits per heavy atom. The van der Waals surface area contributed by atoms with Gasteiger partial charge >= 0.3 is 6.09 Å². The molecule has 8 nitrogen and oxygen atoms in total. The van der Waals surface area contributed by atoms with Crippen LogP contribution >= 0.6 is 0 Å². The van der Waals surface area contributed by atoms with Crippen LogP contribution in [0.5, 0.6) is 0 Å². The lowest BCUT2D eigenvalue weighted by molar-refractivity contribution is -0.136. The lowest BCUT2D eigenvalue weighted by atomic mass is 9.59. The van der Waals surface area contributed by atoms with Gasteiger partial charge in [-0.05, 0) is 54.7 Å². The van der Waals surface area contributed by atoms with Crippen LogP contribution in [-0.4, -0.2) is 40.9 Å². The largest absolute Gasteiger partial charge is 0.446 e. The molecule has 2 saturated carbocycles. The van der Waals surface area contributed by atoms with Crippen molar-refractivity contribution in [1.82, 2.24) is 15.5 Å². The molecular weight excluding hydrogens is 410 g/mol. The summed E-state index contributed by atoms with van der Waals surface area (Å²) < 4.78 is 5.57. The van der Waals surface area contributed by atoms with E-state index in [2.05, 4.69) is 10.6 Å². The Kier molecular flexibility index (Phi) is 5.39. The number of nitrogens with one attached hydrogen (secondary N) is 2. The number of imide groups is 1. The Morgan fingerprint density at radius 2 is 1.94 bits per heavy atom. The second kappa shape index (κ2) is 8.22. The molecule has 1 aromatic carbocycles. The van der Waals surface area contributed by atoms with Gasteiger partial charge in [-0.15, -0.1) is 0 Å². The molecule has 1 aromatic rings. The Balaban J connectivity index is 1.13. The Bertz CT molecular complexity index is 960. The monoisotopic (exact) mass is 439 g/mol. The lowest BCUT2D eigenvalue weighted by Crippen LogP contribution is -2.52. The molecule has 1 atom stereocenters. The molecule has 2 N–H and O–H groups in total. The third kappa shape index (κ3) is 3.98. The van der Waals surface area contributed by atoms with Crippen LogP contribution in [0.2, 0.25) is 0 Å². The molecular formula is C24H29N3O5. The maximum Gasteiger partial charge on any atom is 0.407 e. The van der Waals surface area contributed by atoms with Gasteiger partial charge in [0.05, 0.1) is 0 Å². The molecule has 0 radical (unpaired) electrons. The van der Waals surface area contributed by atoms with Gasteiger partial charge in [-0.3, -0.25) is 19.7 Å². The van der Waals surface area contributed by atoms with Crippen molar-refractivity contribution in [3.8, 4) is 0 Å². The molecule has 1 spiro atoms.